The number of ether oxygens (including phenoxy) is 2. The number of alkyl carbamates (subject to hydrolysis) is 1. The topological polar surface area (TPSA) is 85.4 Å². The smallest absolute Gasteiger partial charge is 0.407 e. The summed E-state index contributed by atoms with van der Waals surface area (Å²) in [5.74, 6) is 1.97. The van der Waals surface area contributed by atoms with Crippen LogP contribution in [0.1, 0.15) is 51.4 Å². The van der Waals surface area contributed by atoms with Gasteiger partial charge in [0.2, 0.25) is 5.88 Å². The van der Waals surface area contributed by atoms with Gasteiger partial charge in [-0.05, 0) is 63.4 Å². The van der Waals surface area contributed by atoms with Crippen LogP contribution in [0.5, 0.6) is 5.88 Å². The van der Waals surface area contributed by atoms with E-state index in [-0.39, 0.29) is 11.7 Å². The van der Waals surface area contributed by atoms with Crippen molar-refractivity contribution in [3.8, 4) is 5.88 Å². The molecule has 0 radical (unpaired) electrons. The fourth-order valence-corrected chi connectivity index (χ4v) is 4.09. The molecule has 3 fully saturated rings. The van der Waals surface area contributed by atoms with Crippen molar-refractivity contribution in [2.75, 3.05) is 18.4 Å². The van der Waals surface area contributed by atoms with Gasteiger partial charge in [-0.1, -0.05) is 0 Å². The minimum absolute atomic E-state index is 0.257. The van der Waals surface area contributed by atoms with E-state index in [0.717, 1.165) is 50.9 Å². The molecule has 1 aliphatic heterocycles. The van der Waals surface area contributed by atoms with Crippen LogP contribution in [0.15, 0.2) is 12.1 Å². The Kier molecular flexibility index (Phi) is 4.63. The van der Waals surface area contributed by atoms with Crippen LogP contribution in [0, 0.1) is 5.92 Å². The van der Waals surface area contributed by atoms with Crippen molar-refractivity contribution in [2.45, 2.75) is 63.1 Å². The first-order valence-corrected chi connectivity index (χ1v) is 9.42. The number of nitrogens with one attached hydrogen (secondary N) is 2. The van der Waals surface area contributed by atoms with Crippen molar-refractivity contribution in [1.82, 2.24) is 15.5 Å². The minimum atomic E-state index is -0.272. The maximum Gasteiger partial charge on any atom is 0.407 e. The first-order valence-electron chi connectivity index (χ1n) is 9.42. The van der Waals surface area contributed by atoms with E-state index in [1.165, 1.54) is 12.8 Å². The monoisotopic (exact) mass is 346 g/mol. The largest absolute Gasteiger partial charge is 0.473 e. The van der Waals surface area contributed by atoms with E-state index < -0.39 is 0 Å². The van der Waals surface area contributed by atoms with Crippen LogP contribution in [-0.4, -0.2) is 41.1 Å². The summed E-state index contributed by atoms with van der Waals surface area (Å²) >= 11 is 0. The van der Waals surface area contributed by atoms with Gasteiger partial charge >= 0.3 is 6.09 Å². The zero-order valence-corrected chi connectivity index (χ0v) is 14.5. The minimum Gasteiger partial charge on any atom is -0.473 e. The number of amides is 1. The lowest BCUT2D eigenvalue weighted by atomic mass is 9.79. The van der Waals surface area contributed by atoms with Gasteiger partial charge in [0.1, 0.15) is 17.5 Å². The molecule has 2 N–H and O–H groups in total. The van der Waals surface area contributed by atoms with Gasteiger partial charge in [0.15, 0.2) is 0 Å². The van der Waals surface area contributed by atoms with E-state index >= 15 is 0 Å². The third-order valence-corrected chi connectivity index (χ3v) is 5.68. The Labute approximate surface area is 147 Å². The molecule has 7 heteroatoms. The first-order chi connectivity index (χ1) is 12.2. The molecular weight excluding hydrogens is 320 g/mol. The molecule has 7 nitrogen and oxygen atoms in total. The molecule has 1 amide bonds. The van der Waals surface area contributed by atoms with Crippen molar-refractivity contribution >= 4 is 11.9 Å². The van der Waals surface area contributed by atoms with Crippen LogP contribution in [0.4, 0.5) is 10.6 Å². The van der Waals surface area contributed by atoms with Crippen molar-refractivity contribution in [2.24, 2.45) is 5.92 Å². The van der Waals surface area contributed by atoms with Gasteiger partial charge < -0.3 is 20.1 Å². The van der Waals surface area contributed by atoms with Gasteiger partial charge in [-0.15, -0.1) is 10.2 Å². The summed E-state index contributed by atoms with van der Waals surface area (Å²) < 4.78 is 11.3. The van der Waals surface area contributed by atoms with Gasteiger partial charge in [0.05, 0.1) is 6.54 Å². The summed E-state index contributed by atoms with van der Waals surface area (Å²) in [6.45, 7) is 1.52. The molecule has 1 aromatic heterocycles. The Balaban J connectivity index is 1.21. The van der Waals surface area contributed by atoms with E-state index in [0.29, 0.717) is 24.4 Å². The molecule has 2 aliphatic carbocycles. The average Bonchev–Trinajstić information content (AvgIpc) is 3.26. The van der Waals surface area contributed by atoms with Gasteiger partial charge in [-0.25, -0.2) is 4.79 Å². The number of aromatic nitrogens is 2. The Morgan fingerprint density at radius 1 is 1.20 bits per heavy atom. The molecule has 0 aromatic carbocycles. The molecule has 0 atom stereocenters. The molecule has 0 unspecified atom stereocenters. The SMILES string of the molecule is O=C1NC[C@]2(CC[C@@H](CNc3ccc(OC4CCCC4)nn3)CC2)O1. The Bertz CT molecular complexity index is 593. The van der Waals surface area contributed by atoms with Crippen LogP contribution in [-0.2, 0) is 4.74 Å². The lowest BCUT2D eigenvalue weighted by Gasteiger charge is -2.34. The summed E-state index contributed by atoms with van der Waals surface area (Å²) in [4.78, 5) is 11.3. The summed E-state index contributed by atoms with van der Waals surface area (Å²) in [7, 11) is 0. The molecule has 3 aliphatic rings. The molecule has 0 bridgehead atoms. The summed E-state index contributed by atoms with van der Waals surface area (Å²) in [5.41, 5.74) is -0.257. The zero-order chi connectivity index (χ0) is 17.1. The number of rotatable bonds is 5. The number of hydrogen-bond acceptors (Lipinski definition) is 6. The van der Waals surface area contributed by atoms with Gasteiger partial charge in [-0.2, -0.15) is 0 Å². The van der Waals surface area contributed by atoms with E-state index in [9.17, 15) is 4.79 Å². The van der Waals surface area contributed by atoms with Crippen molar-refractivity contribution in [1.29, 1.82) is 0 Å². The number of nitrogens with zero attached hydrogens (tertiary/aromatic N) is 2. The molecule has 25 heavy (non-hydrogen) atoms. The summed E-state index contributed by atoms with van der Waals surface area (Å²) in [6, 6.07) is 3.83. The molecule has 2 saturated carbocycles. The van der Waals surface area contributed by atoms with Crippen molar-refractivity contribution in [3.63, 3.8) is 0 Å². The van der Waals surface area contributed by atoms with Gasteiger partial charge in [-0.3, -0.25) is 0 Å². The van der Waals surface area contributed by atoms with E-state index in [2.05, 4.69) is 20.8 Å². The van der Waals surface area contributed by atoms with E-state index in [4.69, 9.17) is 9.47 Å². The fraction of sp³-hybridized carbons (Fsp3) is 0.722. The maximum atomic E-state index is 11.3. The maximum absolute atomic E-state index is 11.3. The quantitative estimate of drug-likeness (QED) is 0.853. The van der Waals surface area contributed by atoms with Crippen molar-refractivity contribution < 1.29 is 14.3 Å². The third kappa shape index (κ3) is 3.96. The highest BCUT2D eigenvalue weighted by Crippen LogP contribution is 2.36. The number of carbonyl (C=O) groups excluding carboxylic acids is 1. The third-order valence-electron chi connectivity index (χ3n) is 5.68. The van der Waals surface area contributed by atoms with Gasteiger partial charge in [0.25, 0.3) is 0 Å². The average molecular weight is 346 g/mol. The predicted octanol–water partition coefficient (Wildman–Crippen LogP) is 2.88. The molecular formula is C18H26N4O3. The van der Waals surface area contributed by atoms with Crippen LogP contribution >= 0.6 is 0 Å². The molecule has 136 valence electrons. The lowest BCUT2D eigenvalue weighted by Crippen LogP contribution is -2.39. The highest BCUT2D eigenvalue weighted by molar-refractivity contribution is 5.70. The van der Waals surface area contributed by atoms with Crippen molar-refractivity contribution in [3.05, 3.63) is 12.1 Å². The fourth-order valence-electron chi connectivity index (χ4n) is 4.09. The Hall–Kier alpha value is -2.05. The second kappa shape index (κ2) is 7.06. The lowest BCUT2D eigenvalue weighted by molar-refractivity contribution is 0.0148. The van der Waals surface area contributed by atoms with E-state index in [1.54, 1.807) is 0 Å². The summed E-state index contributed by atoms with van der Waals surface area (Å²) in [5, 5.41) is 14.5. The number of carbonyl (C=O) groups is 1. The molecule has 4 rings (SSSR count). The molecule has 1 saturated heterocycles. The predicted molar refractivity (Wildman–Crippen MR) is 92.6 cm³/mol. The molecule has 1 spiro atoms. The second-order valence-corrected chi connectivity index (χ2v) is 7.53. The summed E-state index contributed by atoms with van der Waals surface area (Å²) in [6.07, 6.45) is 8.73. The zero-order valence-electron chi connectivity index (χ0n) is 14.5. The van der Waals surface area contributed by atoms with E-state index in [1.807, 2.05) is 12.1 Å². The standard InChI is InChI=1S/C18H26N4O3/c23-17-20-12-18(25-17)9-7-13(8-10-18)11-19-15-5-6-16(22-21-15)24-14-3-1-2-4-14/h5-6,13-14H,1-4,7-12H2,(H,19,21)(H,20,23)/t13-,18-. The first kappa shape index (κ1) is 16.4. The van der Waals surface area contributed by atoms with Crippen LogP contribution in [0.25, 0.3) is 0 Å². The highest BCUT2D eigenvalue weighted by atomic mass is 16.6. The molecule has 1 aromatic rings. The van der Waals surface area contributed by atoms with Gasteiger partial charge in [0, 0.05) is 12.6 Å². The van der Waals surface area contributed by atoms with Crippen LogP contribution in [0.3, 0.4) is 0 Å². The highest BCUT2D eigenvalue weighted by Gasteiger charge is 2.43. The Morgan fingerprint density at radius 3 is 2.64 bits per heavy atom. The van der Waals surface area contributed by atoms with Crippen LogP contribution < -0.4 is 15.4 Å². The van der Waals surface area contributed by atoms with Crippen LogP contribution in [0.2, 0.25) is 0 Å². The number of anilines is 1. The molecule has 2 heterocycles. The number of hydrogen-bond donors (Lipinski definition) is 2. The second-order valence-electron chi connectivity index (χ2n) is 7.53. The normalized spacial score (nSPS) is 29.4. The Morgan fingerprint density at radius 2 is 2.00 bits per heavy atom.